The third-order valence-corrected chi connectivity index (χ3v) is 5.56. The number of rotatable bonds is 5. The number of hydrogen-bond donors (Lipinski definition) is 1. The van der Waals surface area contributed by atoms with Crippen LogP contribution in [0.1, 0.15) is 12.0 Å². The van der Waals surface area contributed by atoms with Gasteiger partial charge in [0.15, 0.2) is 21.3 Å². The lowest BCUT2D eigenvalue weighted by atomic mass is 10.1. The summed E-state index contributed by atoms with van der Waals surface area (Å²) in [6.45, 7) is 0.499. The van der Waals surface area contributed by atoms with E-state index < -0.39 is 9.84 Å². The monoisotopic (exact) mass is 319 g/mol. The molecule has 1 aromatic rings. The number of methoxy groups -OCH3 is 2. The van der Waals surface area contributed by atoms with Crippen molar-refractivity contribution in [1.29, 1.82) is 0 Å². The van der Waals surface area contributed by atoms with E-state index >= 15 is 0 Å². The molecule has 1 heterocycles. The van der Waals surface area contributed by atoms with E-state index in [4.69, 9.17) is 21.1 Å². The third kappa shape index (κ3) is 3.37. The molecule has 1 N–H and O–H groups in total. The van der Waals surface area contributed by atoms with Gasteiger partial charge in [-0.1, -0.05) is 17.7 Å². The molecule has 1 fully saturated rings. The zero-order chi connectivity index (χ0) is 14.8. The Balaban J connectivity index is 2.07. The van der Waals surface area contributed by atoms with Gasteiger partial charge in [0.05, 0.1) is 30.7 Å². The summed E-state index contributed by atoms with van der Waals surface area (Å²) in [4.78, 5) is 0. The first-order valence-corrected chi connectivity index (χ1v) is 8.50. The van der Waals surface area contributed by atoms with Crippen LogP contribution in [-0.4, -0.2) is 40.2 Å². The predicted molar refractivity (Wildman–Crippen MR) is 78.5 cm³/mol. The van der Waals surface area contributed by atoms with Crippen molar-refractivity contribution in [3.05, 3.63) is 22.7 Å². The number of nitrogens with one attached hydrogen (secondary N) is 1. The number of halogens is 1. The van der Waals surface area contributed by atoms with E-state index in [1.54, 1.807) is 13.2 Å². The Kier molecular flexibility index (Phi) is 4.78. The van der Waals surface area contributed by atoms with Crippen molar-refractivity contribution in [1.82, 2.24) is 5.32 Å². The average Bonchev–Trinajstić information content (AvgIpc) is 2.76. The van der Waals surface area contributed by atoms with Crippen LogP contribution in [0.25, 0.3) is 0 Å². The van der Waals surface area contributed by atoms with Crippen molar-refractivity contribution in [3.8, 4) is 11.5 Å². The van der Waals surface area contributed by atoms with Gasteiger partial charge in [-0.05, 0) is 18.1 Å². The summed E-state index contributed by atoms with van der Waals surface area (Å²) in [5, 5.41) is 3.71. The largest absolute Gasteiger partial charge is 0.493 e. The number of ether oxygens (including phenoxy) is 2. The van der Waals surface area contributed by atoms with Crippen molar-refractivity contribution in [2.45, 2.75) is 19.0 Å². The molecule has 0 aromatic heterocycles. The van der Waals surface area contributed by atoms with Crippen LogP contribution in [-0.2, 0) is 16.4 Å². The minimum atomic E-state index is -2.87. The molecule has 1 atom stereocenters. The Morgan fingerprint density at radius 2 is 2.10 bits per heavy atom. The number of benzene rings is 1. The van der Waals surface area contributed by atoms with Crippen molar-refractivity contribution >= 4 is 21.4 Å². The smallest absolute Gasteiger partial charge is 0.179 e. The van der Waals surface area contributed by atoms with E-state index in [-0.39, 0.29) is 17.5 Å². The van der Waals surface area contributed by atoms with Gasteiger partial charge in [0.25, 0.3) is 0 Å². The summed E-state index contributed by atoms with van der Waals surface area (Å²) in [7, 11) is 0.210. The molecule has 7 heteroatoms. The topological polar surface area (TPSA) is 64.6 Å². The van der Waals surface area contributed by atoms with Crippen LogP contribution >= 0.6 is 11.6 Å². The Hall–Kier alpha value is -0.980. The zero-order valence-corrected chi connectivity index (χ0v) is 13.1. The van der Waals surface area contributed by atoms with Crippen LogP contribution in [0.2, 0.25) is 5.02 Å². The molecule has 2 rings (SSSR count). The number of sulfone groups is 1. The van der Waals surface area contributed by atoms with Gasteiger partial charge in [-0.25, -0.2) is 8.42 Å². The van der Waals surface area contributed by atoms with Gasteiger partial charge in [0, 0.05) is 12.6 Å². The highest BCUT2D eigenvalue weighted by Gasteiger charge is 2.27. The second-order valence-electron chi connectivity index (χ2n) is 4.76. The Morgan fingerprint density at radius 3 is 2.65 bits per heavy atom. The number of hydrogen-bond acceptors (Lipinski definition) is 5. The SMILES string of the molecule is COc1ccc(CN[C@H]2CCS(=O)(=O)C2)c(Cl)c1OC. The quantitative estimate of drug-likeness (QED) is 0.893. The predicted octanol–water partition coefficient (Wildman–Crippen LogP) is 1.63. The fourth-order valence-corrected chi connectivity index (χ4v) is 4.28. The lowest BCUT2D eigenvalue weighted by Gasteiger charge is -2.15. The standard InChI is InChI=1S/C13H18ClNO4S/c1-18-11-4-3-9(12(14)13(11)19-2)7-15-10-5-6-20(16,17)8-10/h3-4,10,15H,5-8H2,1-2H3/t10-/m0/s1. The molecule has 1 aliphatic heterocycles. The lowest BCUT2D eigenvalue weighted by Crippen LogP contribution is -2.29. The Morgan fingerprint density at radius 1 is 1.35 bits per heavy atom. The van der Waals surface area contributed by atoms with Gasteiger partial charge >= 0.3 is 0 Å². The van der Waals surface area contributed by atoms with Crippen molar-refractivity contribution in [2.75, 3.05) is 25.7 Å². The molecule has 112 valence electrons. The normalized spacial score (nSPS) is 20.9. The molecule has 0 spiro atoms. The van der Waals surface area contributed by atoms with Crippen LogP contribution in [0.5, 0.6) is 11.5 Å². The molecular formula is C13H18ClNO4S. The van der Waals surface area contributed by atoms with Gasteiger partial charge in [-0.2, -0.15) is 0 Å². The maximum absolute atomic E-state index is 11.4. The van der Waals surface area contributed by atoms with E-state index in [9.17, 15) is 8.42 Å². The molecule has 1 aromatic carbocycles. The second-order valence-corrected chi connectivity index (χ2v) is 7.36. The second kappa shape index (κ2) is 6.20. The van der Waals surface area contributed by atoms with Crippen molar-refractivity contribution < 1.29 is 17.9 Å². The molecule has 0 unspecified atom stereocenters. The van der Waals surface area contributed by atoms with Crippen LogP contribution in [0, 0.1) is 0 Å². The summed E-state index contributed by atoms with van der Waals surface area (Å²) < 4.78 is 33.2. The minimum absolute atomic E-state index is 0.0100. The van der Waals surface area contributed by atoms with Crippen molar-refractivity contribution in [2.24, 2.45) is 0 Å². The van der Waals surface area contributed by atoms with Crippen LogP contribution in [0.4, 0.5) is 0 Å². The first-order chi connectivity index (χ1) is 9.46. The molecular weight excluding hydrogens is 302 g/mol. The maximum Gasteiger partial charge on any atom is 0.179 e. The first-order valence-electron chi connectivity index (χ1n) is 6.30. The highest BCUT2D eigenvalue weighted by atomic mass is 35.5. The van der Waals surface area contributed by atoms with Crippen molar-refractivity contribution in [3.63, 3.8) is 0 Å². The summed E-state index contributed by atoms with van der Waals surface area (Å²) >= 11 is 6.27. The molecule has 0 amide bonds. The summed E-state index contributed by atoms with van der Waals surface area (Å²) in [6.07, 6.45) is 0.646. The Labute approximate surface area is 124 Å². The van der Waals surface area contributed by atoms with Gasteiger partial charge < -0.3 is 14.8 Å². The molecule has 1 saturated heterocycles. The highest BCUT2D eigenvalue weighted by molar-refractivity contribution is 7.91. The highest BCUT2D eigenvalue weighted by Crippen LogP contribution is 2.37. The van der Waals surface area contributed by atoms with E-state index in [1.165, 1.54) is 7.11 Å². The molecule has 0 saturated carbocycles. The average molecular weight is 320 g/mol. The minimum Gasteiger partial charge on any atom is -0.493 e. The summed E-state index contributed by atoms with van der Waals surface area (Å²) in [5.74, 6) is 1.51. The van der Waals surface area contributed by atoms with E-state index in [0.29, 0.717) is 29.5 Å². The summed E-state index contributed by atoms with van der Waals surface area (Å²) in [6, 6.07) is 3.62. The van der Waals surface area contributed by atoms with Crippen LogP contribution < -0.4 is 14.8 Å². The van der Waals surface area contributed by atoms with E-state index in [2.05, 4.69) is 5.32 Å². The van der Waals surface area contributed by atoms with E-state index in [0.717, 1.165) is 5.56 Å². The van der Waals surface area contributed by atoms with E-state index in [1.807, 2.05) is 6.07 Å². The molecule has 0 aliphatic carbocycles. The van der Waals surface area contributed by atoms with Gasteiger partial charge in [0.2, 0.25) is 0 Å². The Bertz CT molecular complexity index is 588. The van der Waals surface area contributed by atoms with Crippen LogP contribution in [0.3, 0.4) is 0 Å². The molecule has 5 nitrogen and oxygen atoms in total. The zero-order valence-electron chi connectivity index (χ0n) is 11.5. The fraction of sp³-hybridized carbons (Fsp3) is 0.538. The maximum atomic E-state index is 11.4. The fourth-order valence-electron chi connectivity index (χ4n) is 2.28. The molecule has 0 radical (unpaired) electrons. The first kappa shape index (κ1) is 15.4. The molecule has 0 bridgehead atoms. The molecule has 1 aliphatic rings. The molecule has 20 heavy (non-hydrogen) atoms. The third-order valence-electron chi connectivity index (χ3n) is 3.38. The summed E-state index contributed by atoms with van der Waals surface area (Å²) in [5.41, 5.74) is 0.855. The van der Waals surface area contributed by atoms with Crippen LogP contribution in [0.15, 0.2) is 12.1 Å². The lowest BCUT2D eigenvalue weighted by molar-refractivity contribution is 0.354. The van der Waals surface area contributed by atoms with Gasteiger partial charge in [0.1, 0.15) is 0 Å². The van der Waals surface area contributed by atoms with Gasteiger partial charge in [-0.15, -0.1) is 0 Å². The van der Waals surface area contributed by atoms with Gasteiger partial charge in [-0.3, -0.25) is 0 Å².